The second-order valence-corrected chi connectivity index (χ2v) is 6.51. The Morgan fingerprint density at radius 1 is 1.32 bits per heavy atom. The zero-order valence-electron chi connectivity index (χ0n) is 13.2. The van der Waals surface area contributed by atoms with Crippen LogP contribution in [0.25, 0.3) is 10.4 Å². The molecular formula is C17H13FN4O2S. The van der Waals surface area contributed by atoms with Crippen LogP contribution in [0.15, 0.2) is 47.6 Å². The summed E-state index contributed by atoms with van der Waals surface area (Å²) < 4.78 is 13.2. The van der Waals surface area contributed by atoms with E-state index in [1.54, 1.807) is 31.2 Å². The molecule has 0 aromatic heterocycles. The van der Waals surface area contributed by atoms with Gasteiger partial charge in [0.15, 0.2) is 0 Å². The van der Waals surface area contributed by atoms with Gasteiger partial charge in [0.05, 0.1) is 11.4 Å². The fourth-order valence-electron chi connectivity index (χ4n) is 2.79. The Hall–Kier alpha value is -2.83. The Bertz CT molecular complexity index is 894. The van der Waals surface area contributed by atoms with E-state index >= 15 is 0 Å². The standard InChI is InChI=1S/C17H13FN4O2S/c1-10-3-2-4-13(16(24)20-21-19)15(10)22-14(23)9-25-17(22)11-5-7-12(18)8-6-11/h2-8,17H,9H2,1H3. The second kappa shape index (κ2) is 6.96. The lowest BCUT2D eigenvalue weighted by Gasteiger charge is -2.27. The molecule has 6 nitrogen and oxygen atoms in total. The second-order valence-electron chi connectivity index (χ2n) is 5.44. The topological polar surface area (TPSA) is 86.1 Å². The van der Waals surface area contributed by atoms with Crippen molar-refractivity contribution in [1.29, 1.82) is 0 Å². The molecule has 1 heterocycles. The molecule has 0 bridgehead atoms. The molecule has 3 rings (SSSR count). The molecule has 126 valence electrons. The number of benzene rings is 2. The molecule has 2 aromatic rings. The van der Waals surface area contributed by atoms with E-state index in [9.17, 15) is 14.0 Å². The van der Waals surface area contributed by atoms with Crippen molar-refractivity contribution in [2.75, 3.05) is 10.7 Å². The fraction of sp³-hybridized carbons (Fsp3) is 0.176. The number of carbonyl (C=O) groups excluding carboxylic acids is 2. The summed E-state index contributed by atoms with van der Waals surface area (Å²) in [5.41, 5.74) is 10.6. The molecule has 0 radical (unpaired) electrons. The van der Waals surface area contributed by atoms with E-state index < -0.39 is 5.91 Å². The summed E-state index contributed by atoms with van der Waals surface area (Å²) in [6.07, 6.45) is 0. The van der Waals surface area contributed by atoms with Gasteiger partial charge in [-0.2, -0.15) is 0 Å². The number of amides is 2. The van der Waals surface area contributed by atoms with Crippen molar-refractivity contribution in [3.8, 4) is 0 Å². The van der Waals surface area contributed by atoms with Crippen LogP contribution in [0.5, 0.6) is 0 Å². The van der Waals surface area contributed by atoms with Crippen LogP contribution >= 0.6 is 11.8 Å². The van der Waals surface area contributed by atoms with E-state index in [1.165, 1.54) is 34.9 Å². The minimum atomic E-state index is -0.747. The van der Waals surface area contributed by atoms with Crippen LogP contribution in [0.2, 0.25) is 0 Å². The molecule has 2 aromatic carbocycles. The van der Waals surface area contributed by atoms with Crippen LogP contribution in [0.3, 0.4) is 0 Å². The van der Waals surface area contributed by atoms with Crippen LogP contribution in [-0.2, 0) is 4.79 Å². The zero-order chi connectivity index (χ0) is 18.0. The molecule has 0 saturated carbocycles. The highest BCUT2D eigenvalue weighted by atomic mass is 32.2. The highest BCUT2D eigenvalue weighted by Gasteiger charge is 2.36. The van der Waals surface area contributed by atoms with Crippen LogP contribution < -0.4 is 4.90 Å². The van der Waals surface area contributed by atoms with Crippen LogP contribution in [0.4, 0.5) is 10.1 Å². The number of halogens is 1. The van der Waals surface area contributed by atoms with Gasteiger partial charge in [-0.3, -0.25) is 14.5 Å². The molecule has 2 amide bonds. The monoisotopic (exact) mass is 356 g/mol. The number of rotatable bonds is 3. The van der Waals surface area contributed by atoms with E-state index in [0.717, 1.165) is 5.56 Å². The van der Waals surface area contributed by atoms with Crippen molar-refractivity contribution in [3.63, 3.8) is 0 Å². The molecule has 8 heteroatoms. The summed E-state index contributed by atoms with van der Waals surface area (Å²) in [6.45, 7) is 1.78. The highest BCUT2D eigenvalue weighted by Crippen LogP contribution is 2.44. The number of thioether (sulfide) groups is 1. The molecule has 1 unspecified atom stereocenters. The number of para-hydroxylation sites is 1. The molecule has 25 heavy (non-hydrogen) atoms. The van der Waals surface area contributed by atoms with Crippen molar-refractivity contribution >= 4 is 29.3 Å². The number of hydrogen-bond acceptors (Lipinski definition) is 3. The molecule has 1 saturated heterocycles. The molecular weight excluding hydrogens is 343 g/mol. The molecule has 0 N–H and O–H groups in total. The third-order valence-electron chi connectivity index (χ3n) is 3.87. The quantitative estimate of drug-likeness (QED) is 0.465. The number of nitrogens with zero attached hydrogens (tertiary/aromatic N) is 4. The van der Waals surface area contributed by atoms with E-state index in [0.29, 0.717) is 11.3 Å². The highest BCUT2D eigenvalue weighted by molar-refractivity contribution is 8.00. The third-order valence-corrected chi connectivity index (χ3v) is 5.08. The lowest BCUT2D eigenvalue weighted by molar-refractivity contribution is -0.115. The first kappa shape index (κ1) is 17.0. The Balaban J connectivity index is 2.12. The summed E-state index contributed by atoms with van der Waals surface area (Å²) in [7, 11) is 0. The zero-order valence-corrected chi connectivity index (χ0v) is 14.0. The lowest BCUT2D eigenvalue weighted by Crippen LogP contribution is -2.30. The average molecular weight is 356 g/mol. The van der Waals surface area contributed by atoms with Crippen LogP contribution in [0, 0.1) is 12.7 Å². The largest absolute Gasteiger partial charge is 0.294 e. The third kappa shape index (κ3) is 3.22. The minimum Gasteiger partial charge on any atom is -0.294 e. The predicted octanol–water partition coefficient (Wildman–Crippen LogP) is 4.36. The maximum Gasteiger partial charge on any atom is 0.251 e. The number of aryl methyl sites for hydroxylation is 1. The van der Waals surface area contributed by atoms with Crippen molar-refractivity contribution < 1.29 is 14.0 Å². The summed E-state index contributed by atoms with van der Waals surface area (Å²) in [4.78, 5) is 28.7. The van der Waals surface area contributed by atoms with Gasteiger partial charge in [-0.25, -0.2) is 4.39 Å². The Morgan fingerprint density at radius 3 is 2.72 bits per heavy atom. The molecule has 1 aliphatic heterocycles. The van der Waals surface area contributed by atoms with Gasteiger partial charge in [-0.15, -0.1) is 11.8 Å². The van der Waals surface area contributed by atoms with Gasteiger partial charge in [0.25, 0.3) is 5.91 Å². The maximum absolute atomic E-state index is 13.2. The molecule has 0 spiro atoms. The van der Waals surface area contributed by atoms with Gasteiger partial charge in [-0.1, -0.05) is 24.3 Å². The molecule has 0 aliphatic carbocycles. The van der Waals surface area contributed by atoms with E-state index in [1.807, 2.05) is 0 Å². The van der Waals surface area contributed by atoms with E-state index in [4.69, 9.17) is 5.53 Å². The summed E-state index contributed by atoms with van der Waals surface area (Å²) >= 11 is 1.39. The fourth-order valence-corrected chi connectivity index (χ4v) is 3.95. The lowest BCUT2D eigenvalue weighted by atomic mass is 10.0. The minimum absolute atomic E-state index is 0.163. The SMILES string of the molecule is Cc1cccc(C(=O)N=[N+]=[N-])c1N1C(=O)CSC1c1ccc(F)cc1. The van der Waals surface area contributed by atoms with Crippen molar-refractivity contribution in [1.82, 2.24) is 0 Å². The Kier molecular flexibility index (Phi) is 4.74. The van der Waals surface area contributed by atoms with Crippen LogP contribution in [-0.4, -0.2) is 17.6 Å². The predicted molar refractivity (Wildman–Crippen MR) is 93.7 cm³/mol. The van der Waals surface area contributed by atoms with Gasteiger partial charge >= 0.3 is 0 Å². The number of hydrogen-bond donors (Lipinski definition) is 0. The summed E-state index contributed by atoms with van der Waals surface area (Å²) in [6, 6.07) is 10.9. The number of azide groups is 1. The smallest absolute Gasteiger partial charge is 0.251 e. The van der Waals surface area contributed by atoms with Gasteiger partial charge < -0.3 is 0 Å². The molecule has 1 fully saturated rings. The van der Waals surface area contributed by atoms with E-state index in [-0.39, 0.29) is 28.4 Å². The first-order chi connectivity index (χ1) is 12.0. The summed E-state index contributed by atoms with van der Waals surface area (Å²) in [5.74, 6) is -1.03. The first-order valence-corrected chi connectivity index (χ1v) is 8.46. The maximum atomic E-state index is 13.2. The van der Waals surface area contributed by atoms with Gasteiger partial charge in [0, 0.05) is 10.5 Å². The van der Waals surface area contributed by atoms with Crippen molar-refractivity contribution in [2.45, 2.75) is 12.3 Å². The Labute approximate surface area is 147 Å². The van der Waals surface area contributed by atoms with Gasteiger partial charge in [0.1, 0.15) is 11.2 Å². The number of carbonyl (C=O) groups is 2. The number of anilines is 1. The Morgan fingerprint density at radius 2 is 2.04 bits per heavy atom. The molecule has 1 atom stereocenters. The van der Waals surface area contributed by atoms with E-state index in [2.05, 4.69) is 10.0 Å². The normalized spacial score (nSPS) is 16.6. The molecule has 1 aliphatic rings. The van der Waals surface area contributed by atoms with Gasteiger partial charge in [-0.05, 0) is 46.9 Å². The van der Waals surface area contributed by atoms with Crippen LogP contribution in [0.1, 0.15) is 26.9 Å². The van der Waals surface area contributed by atoms with Crippen molar-refractivity contribution in [3.05, 3.63) is 75.4 Å². The van der Waals surface area contributed by atoms with Gasteiger partial charge in [0.2, 0.25) is 5.91 Å². The first-order valence-electron chi connectivity index (χ1n) is 7.41. The average Bonchev–Trinajstić information content (AvgIpc) is 2.97. The summed E-state index contributed by atoms with van der Waals surface area (Å²) in [5, 5.41) is 2.77. The van der Waals surface area contributed by atoms with Crippen molar-refractivity contribution in [2.24, 2.45) is 5.11 Å².